The molecule has 1 unspecified atom stereocenters. The van der Waals surface area contributed by atoms with Crippen molar-refractivity contribution < 1.29 is 44.3 Å². The third kappa shape index (κ3) is 13.0. The molecule has 15 heteroatoms. The molecule has 0 bridgehead atoms. The number of hydrogen-bond acceptors (Lipinski definition) is 11. The van der Waals surface area contributed by atoms with Gasteiger partial charge in [-0.05, 0) is 68.8 Å². The van der Waals surface area contributed by atoms with Gasteiger partial charge in [0.15, 0.2) is 0 Å². The van der Waals surface area contributed by atoms with E-state index in [-0.39, 0.29) is 78.9 Å². The Morgan fingerprint density at radius 1 is 1.08 bits per heavy atom. The number of amides is 3. The Morgan fingerprint density at radius 2 is 1.77 bits per heavy atom. The zero-order valence-electron chi connectivity index (χ0n) is 31.9. The van der Waals surface area contributed by atoms with Crippen LogP contribution in [0.2, 0.25) is 0 Å². The third-order valence-electron chi connectivity index (χ3n) is 10.1. The van der Waals surface area contributed by atoms with Gasteiger partial charge >= 0.3 is 5.97 Å². The number of piperidine rings is 1. The smallest absolute Gasteiger partial charge is 0.306 e. The van der Waals surface area contributed by atoms with Gasteiger partial charge in [0.1, 0.15) is 35.3 Å². The van der Waals surface area contributed by atoms with Crippen LogP contribution in [0.1, 0.15) is 100 Å². The van der Waals surface area contributed by atoms with E-state index in [1.165, 1.54) is 22.4 Å². The number of aromatic hydroxyl groups is 1. The number of benzene rings is 1. The number of carboxylic acids is 1. The average Bonchev–Trinajstić information content (AvgIpc) is 3.63. The molecule has 3 rings (SSSR count). The van der Waals surface area contributed by atoms with Gasteiger partial charge in [-0.1, -0.05) is 59.6 Å². The first-order valence-corrected chi connectivity index (χ1v) is 19.5. The van der Waals surface area contributed by atoms with E-state index in [4.69, 9.17) is 4.74 Å². The Bertz CT molecular complexity index is 1470. The summed E-state index contributed by atoms with van der Waals surface area (Å²) in [5, 5.41) is 47.8. The summed E-state index contributed by atoms with van der Waals surface area (Å²) in [5.41, 5.74) is 0.869. The molecule has 1 aliphatic heterocycles. The summed E-state index contributed by atoms with van der Waals surface area (Å²) >= 11 is 1.10. The molecule has 1 aromatic carbocycles. The van der Waals surface area contributed by atoms with E-state index in [0.717, 1.165) is 36.3 Å². The Kier molecular flexibility index (Phi) is 17.6. The quantitative estimate of drug-likeness (QED) is 0.0803. The standard InChI is InChI=1S/C38H59N5O9S/c1-7-24(4)33(41-35(48)30-10-8-9-15-42(30)6)37(49)43(22-52-17-16-44)31(23(2)3)20-32(46)36-40-29(21-53-36)34(47)39-27(18-25(5)38(50)51)19-26-11-13-28(45)14-12-26/h11-14,21,23-25,27,30-33,44-46H,7-10,15-20,22H2,1-6H3,(H,39,47)(H,41,48)(H,50,51)/t24?,25-,27+,30+,31+,32+,33-/m0/s1. The van der Waals surface area contributed by atoms with Gasteiger partial charge in [0.2, 0.25) is 11.8 Å². The fourth-order valence-electron chi connectivity index (χ4n) is 6.60. The van der Waals surface area contributed by atoms with Crippen LogP contribution in [0.5, 0.6) is 5.75 Å². The first-order valence-electron chi connectivity index (χ1n) is 18.6. The van der Waals surface area contributed by atoms with Crippen molar-refractivity contribution in [3.8, 4) is 5.75 Å². The minimum absolute atomic E-state index is 0.00565. The summed E-state index contributed by atoms with van der Waals surface area (Å²) in [6, 6.07) is 4.19. The monoisotopic (exact) mass is 761 g/mol. The maximum atomic E-state index is 14.4. The van der Waals surface area contributed by atoms with Crippen LogP contribution in [0.3, 0.4) is 0 Å². The number of ether oxygens (including phenoxy) is 1. The zero-order valence-corrected chi connectivity index (χ0v) is 32.7. The molecule has 0 saturated carbocycles. The number of phenols is 1. The number of phenolic OH excluding ortho intramolecular Hbond substituents is 1. The number of aliphatic hydroxyl groups excluding tert-OH is 2. The molecular weight excluding hydrogens is 703 g/mol. The SMILES string of the molecule is CCC(C)[C@H](NC(=O)[C@H]1CCCCN1C)C(=O)N(COCCO)[C@H](C[C@@H](O)c1nc(C(=O)N[C@@H](Cc2ccc(O)cc2)C[C@H](C)C(=O)O)cs1)C(C)C. The number of likely N-dealkylation sites (N-methyl/N-ethyl adjacent to an activating group) is 1. The topological polar surface area (TPSA) is 202 Å². The van der Waals surface area contributed by atoms with Crippen molar-refractivity contribution in [3.05, 3.63) is 45.9 Å². The Hall–Kier alpha value is -3.63. The molecule has 1 fully saturated rings. The summed E-state index contributed by atoms with van der Waals surface area (Å²) in [5.74, 6) is -3.05. The van der Waals surface area contributed by atoms with Crippen LogP contribution in [0.25, 0.3) is 0 Å². The minimum Gasteiger partial charge on any atom is -0.508 e. The predicted molar refractivity (Wildman–Crippen MR) is 201 cm³/mol. The summed E-state index contributed by atoms with van der Waals surface area (Å²) < 4.78 is 5.69. The molecule has 1 aliphatic rings. The van der Waals surface area contributed by atoms with E-state index in [1.807, 2.05) is 39.6 Å². The largest absolute Gasteiger partial charge is 0.508 e. The molecule has 296 valence electrons. The number of likely N-dealkylation sites (tertiary alicyclic amines) is 1. The highest BCUT2D eigenvalue weighted by molar-refractivity contribution is 7.09. The molecule has 1 saturated heterocycles. The van der Waals surface area contributed by atoms with Gasteiger partial charge in [-0.25, -0.2) is 4.98 Å². The lowest BCUT2D eigenvalue weighted by Crippen LogP contribution is -2.59. The second-order valence-electron chi connectivity index (χ2n) is 14.6. The number of nitrogens with zero attached hydrogens (tertiary/aromatic N) is 3. The minimum atomic E-state index is -1.16. The van der Waals surface area contributed by atoms with Crippen molar-refractivity contribution in [2.45, 2.75) is 110 Å². The van der Waals surface area contributed by atoms with Crippen molar-refractivity contribution in [2.24, 2.45) is 17.8 Å². The van der Waals surface area contributed by atoms with Crippen molar-refractivity contribution in [2.75, 3.05) is 33.5 Å². The second kappa shape index (κ2) is 21.3. The lowest BCUT2D eigenvalue weighted by molar-refractivity contribution is -0.149. The van der Waals surface area contributed by atoms with Crippen molar-refractivity contribution in [3.63, 3.8) is 0 Å². The Morgan fingerprint density at radius 3 is 2.38 bits per heavy atom. The second-order valence-corrected chi connectivity index (χ2v) is 15.5. The van der Waals surface area contributed by atoms with E-state index in [9.17, 15) is 39.6 Å². The molecule has 2 heterocycles. The van der Waals surface area contributed by atoms with E-state index in [0.29, 0.717) is 19.3 Å². The molecule has 0 radical (unpaired) electrons. The van der Waals surface area contributed by atoms with Crippen LogP contribution in [0.15, 0.2) is 29.6 Å². The van der Waals surface area contributed by atoms with E-state index in [1.54, 1.807) is 19.1 Å². The predicted octanol–water partition coefficient (Wildman–Crippen LogP) is 3.56. The maximum Gasteiger partial charge on any atom is 0.306 e. The number of carbonyl (C=O) groups excluding carboxylic acids is 3. The normalized spacial score (nSPS) is 18.4. The molecular formula is C38H59N5O9S. The number of aliphatic carboxylic acids is 1. The first-order chi connectivity index (χ1) is 25.2. The van der Waals surface area contributed by atoms with Gasteiger partial charge in [-0.2, -0.15) is 0 Å². The Balaban J connectivity index is 1.81. The van der Waals surface area contributed by atoms with Crippen LogP contribution < -0.4 is 10.6 Å². The number of carbonyl (C=O) groups is 4. The molecule has 2 aromatic rings. The molecule has 0 spiro atoms. The van der Waals surface area contributed by atoms with Gasteiger partial charge in [0.05, 0.1) is 25.2 Å². The molecule has 3 amide bonds. The van der Waals surface area contributed by atoms with E-state index < -0.39 is 42.0 Å². The maximum absolute atomic E-state index is 14.4. The molecule has 53 heavy (non-hydrogen) atoms. The van der Waals surface area contributed by atoms with Crippen LogP contribution in [-0.4, -0.2) is 117 Å². The highest BCUT2D eigenvalue weighted by Crippen LogP contribution is 2.29. The Labute approximate surface area is 316 Å². The average molecular weight is 762 g/mol. The fraction of sp³-hybridized carbons (Fsp3) is 0.658. The van der Waals surface area contributed by atoms with Crippen LogP contribution >= 0.6 is 11.3 Å². The summed E-state index contributed by atoms with van der Waals surface area (Å²) in [6.07, 6.45) is 2.69. The van der Waals surface area contributed by atoms with Crippen molar-refractivity contribution >= 4 is 35.0 Å². The van der Waals surface area contributed by atoms with E-state index in [2.05, 4.69) is 15.6 Å². The van der Waals surface area contributed by atoms with Crippen LogP contribution in [0.4, 0.5) is 0 Å². The zero-order chi connectivity index (χ0) is 39.2. The molecule has 6 N–H and O–H groups in total. The van der Waals surface area contributed by atoms with Crippen LogP contribution in [0, 0.1) is 17.8 Å². The van der Waals surface area contributed by atoms with E-state index >= 15 is 0 Å². The van der Waals surface area contributed by atoms with Gasteiger partial charge in [0, 0.05) is 23.9 Å². The number of rotatable bonds is 21. The number of carboxylic acid groups (broad SMARTS) is 1. The number of nitrogens with one attached hydrogen (secondary N) is 2. The van der Waals surface area contributed by atoms with Gasteiger partial charge in [-0.3, -0.25) is 24.1 Å². The molecule has 14 nitrogen and oxygen atoms in total. The molecule has 1 aromatic heterocycles. The highest BCUT2D eigenvalue weighted by atomic mass is 32.1. The first kappa shape index (κ1) is 43.8. The van der Waals surface area contributed by atoms with Gasteiger partial charge in [0.25, 0.3) is 5.91 Å². The molecule has 0 aliphatic carbocycles. The highest BCUT2D eigenvalue weighted by Gasteiger charge is 2.38. The van der Waals surface area contributed by atoms with Gasteiger partial charge < -0.3 is 40.7 Å². The number of aromatic nitrogens is 1. The van der Waals surface area contributed by atoms with Crippen LogP contribution in [-0.2, 0) is 25.5 Å². The van der Waals surface area contributed by atoms with Crippen molar-refractivity contribution in [1.82, 2.24) is 25.4 Å². The summed E-state index contributed by atoms with van der Waals surface area (Å²) in [4.78, 5) is 60.9. The fourth-order valence-corrected chi connectivity index (χ4v) is 7.39. The number of aliphatic hydroxyl groups is 2. The lowest BCUT2D eigenvalue weighted by atomic mass is 9.92. The van der Waals surface area contributed by atoms with Crippen molar-refractivity contribution in [1.29, 1.82) is 0 Å². The summed E-state index contributed by atoms with van der Waals surface area (Å²) in [7, 11) is 1.92. The molecule has 7 atom stereocenters. The summed E-state index contributed by atoms with van der Waals surface area (Å²) in [6.45, 7) is 9.67. The number of hydrogen-bond donors (Lipinski definition) is 6. The number of thiazole rings is 1. The lowest BCUT2D eigenvalue weighted by Gasteiger charge is -2.39. The third-order valence-corrected chi connectivity index (χ3v) is 11.0. The van der Waals surface area contributed by atoms with Gasteiger partial charge in [-0.15, -0.1) is 11.3 Å².